The number of aromatic nitrogens is 3. The summed E-state index contributed by atoms with van der Waals surface area (Å²) in [5.74, 6) is 1.45. The molecule has 0 saturated carbocycles. The Morgan fingerprint density at radius 1 is 0.617 bits per heavy atom. The number of aromatic amines is 1. The number of H-pyrrole nitrogens is 1. The molecular formula is C50H33N7OS2. The van der Waals surface area contributed by atoms with Crippen LogP contribution in [-0.2, 0) is 0 Å². The molecule has 0 spiro atoms. The monoisotopic (exact) mass is 811 g/mol. The minimum absolute atomic E-state index is 0.275. The Bertz CT molecular complexity index is 3400. The topological polar surface area (TPSA) is 121 Å². The molecule has 4 N–H and O–H groups in total. The number of thiazole rings is 2. The van der Waals surface area contributed by atoms with Crippen LogP contribution in [0.5, 0.6) is 0 Å². The van der Waals surface area contributed by atoms with Gasteiger partial charge >= 0.3 is 0 Å². The Kier molecular flexibility index (Phi) is 8.54. The van der Waals surface area contributed by atoms with Gasteiger partial charge in [-0.2, -0.15) is 0 Å². The van der Waals surface area contributed by atoms with Gasteiger partial charge in [0.1, 0.15) is 27.5 Å². The highest BCUT2D eigenvalue weighted by Crippen LogP contribution is 2.49. The first-order valence-electron chi connectivity index (χ1n) is 19.5. The van der Waals surface area contributed by atoms with Gasteiger partial charge in [0.25, 0.3) is 5.91 Å². The molecule has 7 aromatic carbocycles. The van der Waals surface area contributed by atoms with Crippen molar-refractivity contribution in [2.24, 2.45) is 9.98 Å². The lowest BCUT2D eigenvalue weighted by Gasteiger charge is -2.12. The van der Waals surface area contributed by atoms with Crippen LogP contribution in [0, 0.1) is 6.92 Å². The molecule has 0 unspecified atom stereocenters. The molecule has 0 aliphatic carbocycles. The standard InChI is InChI=1S/C50H33N7OS2/c1-28-14-2-5-19-31(28)48(58)57-47-43(50-53-37-25-9-11-27-39(37)60-50)41(35-23-13-18-30-16-4-7-21-33(30)35)46(56-47)55-45-40(34-22-12-17-29-15-3-6-20-32(29)34)42(44(51)54-45)49-52-36-24-8-10-26-38(36)59-49/h2-27,54H,51H2,1H3,(H,55,56,57,58). The molecule has 10 heteroatoms. The Morgan fingerprint density at radius 3 is 1.88 bits per heavy atom. The van der Waals surface area contributed by atoms with Gasteiger partial charge in [0.05, 0.1) is 31.6 Å². The lowest BCUT2D eigenvalue weighted by Crippen LogP contribution is -2.31. The fourth-order valence-electron chi connectivity index (χ4n) is 8.11. The number of hydrogen-bond donors (Lipinski definition) is 3. The molecule has 0 bridgehead atoms. The zero-order valence-corrected chi connectivity index (χ0v) is 33.7. The summed E-state index contributed by atoms with van der Waals surface area (Å²) in [5.41, 5.74) is 15.0. The first-order valence-corrected chi connectivity index (χ1v) is 21.1. The summed E-state index contributed by atoms with van der Waals surface area (Å²) < 4.78 is 2.07. The van der Waals surface area contributed by atoms with E-state index in [-0.39, 0.29) is 5.91 Å². The largest absolute Gasteiger partial charge is 0.385 e. The fraction of sp³-hybridized carbons (Fsp3) is 0.0200. The number of fused-ring (bicyclic) bond motifs is 4. The van der Waals surface area contributed by atoms with Crippen LogP contribution >= 0.6 is 22.7 Å². The number of nitrogen functional groups attached to an aromatic ring is 1. The maximum Gasteiger partial charge on any atom is 0.257 e. The highest BCUT2D eigenvalue weighted by Gasteiger charge is 2.33. The van der Waals surface area contributed by atoms with E-state index >= 15 is 0 Å². The number of rotatable bonds is 6. The molecule has 0 radical (unpaired) electrons. The minimum Gasteiger partial charge on any atom is -0.385 e. The van der Waals surface area contributed by atoms with E-state index in [1.54, 1.807) is 22.7 Å². The van der Waals surface area contributed by atoms with Crippen molar-refractivity contribution >= 4 is 105 Å². The molecule has 8 nitrogen and oxygen atoms in total. The van der Waals surface area contributed by atoms with Gasteiger partial charge in [0.15, 0.2) is 5.84 Å². The van der Waals surface area contributed by atoms with Gasteiger partial charge in [0.2, 0.25) is 0 Å². The molecule has 60 heavy (non-hydrogen) atoms. The van der Waals surface area contributed by atoms with Gasteiger partial charge in [-0.15, -0.1) is 22.7 Å². The van der Waals surface area contributed by atoms with E-state index in [2.05, 4.69) is 77.0 Å². The molecule has 286 valence electrons. The number of hydrogen-bond acceptors (Lipinski definition) is 7. The van der Waals surface area contributed by atoms with E-state index in [9.17, 15) is 4.79 Å². The number of para-hydroxylation sites is 2. The smallest absolute Gasteiger partial charge is 0.257 e. The Hall–Kier alpha value is -7.53. The summed E-state index contributed by atoms with van der Waals surface area (Å²) in [5, 5.41) is 8.90. The maximum atomic E-state index is 14.2. The lowest BCUT2D eigenvalue weighted by atomic mass is 9.94. The third-order valence-electron chi connectivity index (χ3n) is 10.9. The second kappa shape index (κ2) is 14.4. The van der Waals surface area contributed by atoms with E-state index in [4.69, 9.17) is 25.7 Å². The number of anilines is 1. The molecule has 0 saturated heterocycles. The Labute approximate surface area is 352 Å². The zero-order chi connectivity index (χ0) is 40.3. The van der Waals surface area contributed by atoms with Crippen molar-refractivity contribution in [3.63, 3.8) is 0 Å². The second-order valence-electron chi connectivity index (χ2n) is 14.6. The van der Waals surface area contributed by atoms with Crippen LogP contribution in [-0.4, -0.2) is 32.5 Å². The molecule has 11 rings (SSSR count). The third-order valence-corrected chi connectivity index (χ3v) is 13.0. The van der Waals surface area contributed by atoms with Crippen molar-refractivity contribution in [1.82, 2.24) is 20.3 Å². The number of benzene rings is 7. The summed E-state index contributed by atoms with van der Waals surface area (Å²) in [6.45, 7) is 1.93. The maximum absolute atomic E-state index is 14.2. The number of carbonyl (C=O) groups excluding carboxylic acids is 1. The van der Waals surface area contributed by atoms with Crippen LogP contribution in [0.1, 0.15) is 26.5 Å². The SMILES string of the molecule is Cc1ccccc1C(=O)NC1=NC(=Nc2[nH]c(N)c(-c3nc4ccccc4s3)c2-c2cccc3ccccc23)C(c2cccc3ccccc23)=C1c1nc2ccccc2s1. The van der Waals surface area contributed by atoms with E-state index < -0.39 is 0 Å². The predicted molar refractivity (Wildman–Crippen MR) is 250 cm³/mol. The van der Waals surface area contributed by atoms with Crippen LogP contribution in [0.3, 0.4) is 0 Å². The van der Waals surface area contributed by atoms with Crippen LogP contribution < -0.4 is 11.1 Å². The Balaban J connectivity index is 1.22. The molecule has 1 aliphatic rings. The number of nitrogens with two attached hydrogens (primary N) is 1. The minimum atomic E-state index is -0.275. The summed E-state index contributed by atoms with van der Waals surface area (Å²) in [4.78, 5) is 38.7. The molecule has 1 amide bonds. The Morgan fingerprint density at radius 2 is 1.18 bits per heavy atom. The molecule has 0 fully saturated rings. The van der Waals surface area contributed by atoms with Crippen molar-refractivity contribution in [1.29, 1.82) is 0 Å². The highest BCUT2D eigenvalue weighted by molar-refractivity contribution is 7.21. The average Bonchev–Trinajstić information content (AvgIpc) is 4.06. The van der Waals surface area contributed by atoms with Crippen LogP contribution in [0.15, 0.2) is 168 Å². The summed E-state index contributed by atoms with van der Waals surface area (Å²) in [6, 6.07) is 52.8. The van der Waals surface area contributed by atoms with Crippen molar-refractivity contribution in [2.45, 2.75) is 6.92 Å². The molecule has 10 aromatic rings. The highest BCUT2D eigenvalue weighted by atomic mass is 32.1. The number of amidine groups is 2. The third kappa shape index (κ3) is 6.00. The molecule has 1 aliphatic heterocycles. The first kappa shape index (κ1) is 35.6. The summed E-state index contributed by atoms with van der Waals surface area (Å²) in [6.07, 6.45) is 0. The number of aryl methyl sites for hydroxylation is 1. The number of nitrogens with one attached hydrogen (secondary N) is 2. The lowest BCUT2D eigenvalue weighted by molar-refractivity contribution is 0.0977. The van der Waals surface area contributed by atoms with Crippen LogP contribution in [0.4, 0.5) is 11.6 Å². The van der Waals surface area contributed by atoms with E-state index in [0.29, 0.717) is 39.5 Å². The first-order chi connectivity index (χ1) is 29.5. The number of carbonyl (C=O) groups is 1. The van der Waals surface area contributed by atoms with Gasteiger partial charge in [-0.1, -0.05) is 127 Å². The quantitative estimate of drug-likeness (QED) is 0.155. The number of amides is 1. The van der Waals surface area contributed by atoms with Gasteiger partial charge < -0.3 is 16.0 Å². The summed E-state index contributed by atoms with van der Waals surface area (Å²) in [7, 11) is 0. The molecular weight excluding hydrogens is 779 g/mol. The van der Waals surface area contributed by atoms with E-state index in [1.165, 1.54) is 0 Å². The normalized spacial score (nSPS) is 13.6. The van der Waals surface area contributed by atoms with Crippen molar-refractivity contribution in [3.8, 4) is 21.7 Å². The van der Waals surface area contributed by atoms with Crippen LogP contribution in [0.25, 0.3) is 74.8 Å². The van der Waals surface area contributed by atoms with Crippen molar-refractivity contribution in [2.75, 3.05) is 5.73 Å². The van der Waals surface area contributed by atoms with Gasteiger partial charge in [-0.3, -0.25) is 4.79 Å². The van der Waals surface area contributed by atoms with Gasteiger partial charge in [-0.25, -0.2) is 20.0 Å². The fourth-order valence-corrected chi connectivity index (χ4v) is 10.2. The number of aliphatic imine (C=N–C) groups is 2. The van der Waals surface area contributed by atoms with Gasteiger partial charge in [0, 0.05) is 16.7 Å². The molecule has 0 atom stereocenters. The van der Waals surface area contributed by atoms with Crippen LogP contribution in [0.2, 0.25) is 0 Å². The van der Waals surface area contributed by atoms with Crippen molar-refractivity contribution in [3.05, 3.63) is 179 Å². The number of nitrogens with zero attached hydrogens (tertiary/aromatic N) is 4. The second-order valence-corrected chi connectivity index (χ2v) is 16.6. The molecule has 4 heterocycles. The van der Waals surface area contributed by atoms with Gasteiger partial charge in [-0.05, 0) is 75.5 Å². The average molecular weight is 812 g/mol. The van der Waals surface area contributed by atoms with E-state index in [1.807, 2.05) is 97.9 Å². The molecule has 3 aromatic heterocycles. The van der Waals surface area contributed by atoms with E-state index in [0.717, 1.165) is 80.4 Å². The zero-order valence-electron chi connectivity index (χ0n) is 32.1. The summed E-state index contributed by atoms with van der Waals surface area (Å²) >= 11 is 3.14. The van der Waals surface area contributed by atoms with Crippen molar-refractivity contribution < 1.29 is 4.79 Å². The predicted octanol–water partition coefficient (Wildman–Crippen LogP) is 12.2.